The van der Waals surface area contributed by atoms with Crippen molar-refractivity contribution in [2.45, 2.75) is 45.8 Å². The second kappa shape index (κ2) is 9.32. The minimum absolute atomic E-state index is 0.0580. The van der Waals surface area contributed by atoms with Crippen molar-refractivity contribution < 1.29 is 9.53 Å². The summed E-state index contributed by atoms with van der Waals surface area (Å²) in [7, 11) is 4.10. The lowest BCUT2D eigenvalue weighted by molar-refractivity contribution is -0.122. The van der Waals surface area contributed by atoms with Gasteiger partial charge in [-0.15, -0.1) is 0 Å². The van der Waals surface area contributed by atoms with Crippen LogP contribution in [0.15, 0.2) is 18.2 Å². The minimum Gasteiger partial charge on any atom is -0.376 e. The molecule has 25 heavy (non-hydrogen) atoms. The van der Waals surface area contributed by atoms with Crippen LogP contribution in [0.5, 0.6) is 0 Å². The highest BCUT2D eigenvalue weighted by Gasteiger charge is 2.28. The second-order valence-corrected chi connectivity index (χ2v) is 7.42. The fourth-order valence-electron chi connectivity index (χ4n) is 3.13. The van der Waals surface area contributed by atoms with E-state index in [-0.39, 0.29) is 18.1 Å². The summed E-state index contributed by atoms with van der Waals surface area (Å²) in [5.74, 6) is 0.0580. The van der Waals surface area contributed by atoms with Gasteiger partial charge in [-0.3, -0.25) is 9.69 Å². The van der Waals surface area contributed by atoms with E-state index in [2.05, 4.69) is 35.3 Å². The zero-order valence-electron chi connectivity index (χ0n) is 16.3. The van der Waals surface area contributed by atoms with Crippen molar-refractivity contribution in [3.63, 3.8) is 0 Å². The number of ether oxygens (including phenoxy) is 1. The maximum atomic E-state index is 12.7. The van der Waals surface area contributed by atoms with Gasteiger partial charge in [0, 0.05) is 18.8 Å². The Morgan fingerprint density at radius 1 is 1.40 bits per heavy atom. The summed E-state index contributed by atoms with van der Waals surface area (Å²) in [4.78, 5) is 17.1. The average molecular weight is 348 g/mol. The first kappa shape index (κ1) is 19.9. The number of piperidine rings is 1. The van der Waals surface area contributed by atoms with Gasteiger partial charge in [-0.25, -0.2) is 0 Å². The minimum atomic E-state index is -0.153. The maximum absolute atomic E-state index is 12.7. The molecule has 1 aliphatic heterocycles. The number of likely N-dealkylation sites (N-methyl/N-ethyl adjacent to an activating group) is 1. The highest BCUT2D eigenvalue weighted by Crippen LogP contribution is 2.19. The molecule has 0 saturated carbocycles. The van der Waals surface area contributed by atoms with Crippen LogP contribution in [0.4, 0.5) is 5.69 Å². The molecule has 0 unspecified atom stereocenters. The number of nitrogens with one attached hydrogen (secondary N) is 1. The first-order valence-corrected chi connectivity index (χ1v) is 9.25. The van der Waals surface area contributed by atoms with Crippen LogP contribution < -0.4 is 5.32 Å². The van der Waals surface area contributed by atoms with E-state index in [9.17, 15) is 4.79 Å². The maximum Gasteiger partial charge on any atom is 0.241 e. The molecule has 1 aliphatic rings. The van der Waals surface area contributed by atoms with Crippen molar-refractivity contribution in [2.75, 3.05) is 45.7 Å². The highest BCUT2D eigenvalue weighted by molar-refractivity contribution is 5.95. The van der Waals surface area contributed by atoms with Crippen molar-refractivity contribution in [1.29, 1.82) is 0 Å². The number of amides is 1. The quantitative estimate of drug-likeness (QED) is 0.824. The monoisotopic (exact) mass is 347 g/mol. The molecule has 1 saturated heterocycles. The van der Waals surface area contributed by atoms with Crippen LogP contribution in [0, 0.1) is 13.8 Å². The number of nitrogens with zero attached hydrogens (tertiary/aromatic N) is 2. The van der Waals surface area contributed by atoms with Gasteiger partial charge in [0.2, 0.25) is 5.91 Å². The van der Waals surface area contributed by atoms with Crippen LogP contribution in [0.3, 0.4) is 0 Å². The lowest BCUT2D eigenvalue weighted by Gasteiger charge is -2.36. The Kier molecular flexibility index (Phi) is 7.41. The number of benzene rings is 1. The van der Waals surface area contributed by atoms with E-state index >= 15 is 0 Å². The number of rotatable bonds is 7. The summed E-state index contributed by atoms with van der Waals surface area (Å²) in [6.07, 6.45) is 2.38. The van der Waals surface area contributed by atoms with Crippen LogP contribution in [-0.4, -0.2) is 68.2 Å². The Morgan fingerprint density at radius 2 is 2.16 bits per heavy atom. The lowest BCUT2D eigenvalue weighted by atomic mass is 10.1. The molecule has 2 atom stereocenters. The molecule has 5 heteroatoms. The summed E-state index contributed by atoms with van der Waals surface area (Å²) in [6, 6.07) is 5.99. The number of hydrogen-bond donors (Lipinski definition) is 1. The number of carbonyl (C=O) groups is 1. The molecular formula is C20H33N3O2. The molecule has 1 heterocycles. The van der Waals surface area contributed by atoms with E-state index in [1.54, 1.807) is 0 Å². The van der Waals surface area contributed by atoms with Gasteiger partial charge in [0.15, 0.2) is 0 Å². The van der Waals surface area contributed by atoms with Gasteiger partial charge in [-0.05, 0) is 71.4 Å². The van der Waals surface area contributed by atoms with Crippen molar-refractivity contribution in [3.8, 4) is 0 Å². The van der Waals surface area contributed by atoms with Crippen molar-refractivity contribution >= 4 is 11.6 Å². The van der Waals surface area contributed by atoms with Crippen molar-refractivity contribution in [1.82, 2.24) is 9.80 Å². The predicted molar refractivity (Wildman–Crippen MR) is 103 cm³/mol. The number of hydrogen-bond acceptors (Lipinski definition) is 4. The molecule has 0 aromatic heterocycles. The van der Waals surface area contributed by atoms with E-state index in [0.717, 1.165) is 55.9 Å². The summed E-state index contributed by atoms with van der Waals surface area (Å²) in [6.45, 7) is 9.51. The number of carbonyl (C=O) groups excluding carboxylic acids is 1. The zero-order valence-corrected chi connectivity index (χ0v) is 16.3. The molecule has 1 amide bonds. The Bertz CT molecular complexity index is 574. The third-order valence-electron chi connectivity index (χ3n) is 4.88. The van der Waals surface area contributed by atoms with Crippen LogP contribution >= 0.6 is 0 Å². The van der Waals surface area contributed by atoms with Gasteiger partial charge >= 0.3 is 0 Å². The molecule has 1 aromatic carbocycles. The summed E-state index contributed by atoms with van der Waals surface area (Å²) < 4.78 is 5.99. The van der Waals surface area contributed by atoms with Gasteiger partial charge in [-0.1, -0.05) is 12.1 Å². The van der Waals surface area contributed by atoms with Crippen molar-refractivity contribution in [2.24, 2.45) is 0 Å². The standard InChI is InChI=1S/C20H33N3O2/c1-15-8-9-16(2)19(13-15)21-20(24)17(3)23-10-6-7-18(14-23)25-12-11-22(4)5/h8-9,13,17-18H,6-7,10-12,14H2,1-5H3,(H,21,24)/t17-,18+/m1/s1. The fourth-order valence-corrected chi connectivity index (χ4v) is 3.13. The van der Waals surface area contributed by atoms with Gasteiger partial charge in [0.1, 0.15) is 0 Å². The van der Waals surface area contributed by atoms with Crippen molar-refractivity contribution in [3.05, 3.63) is 29.3 Å². The summed E-state index contributed by atoms with van der Waals surface area (Å²) in [5.41, 5.74) is 3.16. The molecule has 0 aliphatic carbocycles. The first-order chi connectivity index (χ1) is 11.9. The fraction of sp³-hybridized carbons (Fsp3) is 0.650. The largest absolute Gasteiger partial charge is 0.376 e. The molecule has 1 N–H and O–H groups in total. The molecule has 1 fully saturated rings. The molecule has 1 aromatic rings. The smallest absolute Gasteiger partial charge is 0.241 e. The summed E-state index contributed by atoms with van der Waals surface area (Å²) >= 11 is 0. The van der Waals surface area contributed by atoms with Gasteiger partial charge in [-0.2, -0.15) is 0 Å². The lowest BCUT2D eigenvalue weighted by Crippen LogP contribution is -2.49. The Hall–Kier alpha value is -1.43. The number of aryl methyl sites for hydroxylation is 2. The first-order valence-electron chi connectivity index (χ1n) is 9.25. The van der Waals surface area contributed by atoms with Gasteiger partial charge < -0.3 is 15.0 Å². The number of likely N-dealkylation sites (tertiary alicyclic amines) is 1. The average Bonchev–Trinajstić information content (AvgIpc) is 2.57. The molecule has 2 rings (SSSR count). The van der Waals surface area contributed by atoms with E-state index in [1.807, 2.05) is 32.9 Å². The second-order valence-electron chi connectivity index (χ2n) is 7.42. The van der Waals surface area contributed by atoms with E-state index in [4.69, 9.17) is 4.74 Å². The van der Waals surface area contributed by atoms with E-state index in [1.165, 1.54) is 0 Å². The van der Waals surface area contributed by atoms with Crippen LogP contribution in [-0.2, 0) is 9.53 Å². The number of anilines is 1. The molecule has 0 radical (unpaired) electrons. The Labute approximate surface area is 152 Å². The zero-order chi connectivity index (χ0) is 18.4. The molecular weight excluding hydrogens is 314 g/mol. The predicted octanol–water partition coefficient (Wildman–Crippen LogP) is 2.67. The molecule has 0 spiro atoms. The molecule has 140 valence electrons. The topological polar surface area (TPSA) is 44.8 Å². The van der Waals surface area contributed by atoms with Crippen LogP contribution in [0.25, 0.3) is 0 Å². The SMILES string of the molecule is Cc1ccc(C)c(NC(=O)[C@@H](C)N2CCC[C@H](OCCN(C)C)C2)c1. The Balaban J connectivity index is 1.88. The third-order valence-corrected chi connectivity index (χ3v) is 4.88. The highest BCUT2D eigenvalue weighted by atomic mass is 16.5. The summed E-state index contributed by atoms with van der Waals surface area (Å²) in [5, 5.41) is 3.09. The normalized spacial score (nSPS) is 19.8. The molecule has 5 nitrogen and oxygen atoms in total. The Morgan fingerprint density at radius 3 is 2.88 bits per heavy atom. The van der Waals surface area contributed by atoms with Crippen LogP contribution in [0.1, 0.15) is 30.9 Å². The van der Waals surface area contributed by atoms with Gasteiger partial charge in [0.05, 0.1) is 18.8 Å². The van der Waals surface area contributed by atoms with E-state index < -0.39 is 0 Å². The molecule has 0 bridgehead atoms. The third kappa shape index (κ3) is 6.10. The van der Waals surface area contributed by atoms with E-state index in [0.29, 0.717) is 0 Å². The van der Waals surface area contributed by atoms with Crippen LogP contribution in [0.2, 0.25) is 0 Å². The van der Waals surface area contributed by atoms with Gasteiger partial charge in [0.25, 0.3) is 0 Å².